The Balaban J connectivity index is 1.41. The van der Waals surface area contributed by atoms with Gasteiger partial charge in [0.25, 0.3) is 10.0 Å². The van der Waals surface area contributed by atoms with Gasteiger partial charge >= 0.3 is 6.03 Å². The molecule has 2 aliphatic rings. The summed E-state index contributed by atoms with van der Waals surface area (Å²) >= 11 is 0. The van der Waals surface area contributed by atoms with E-state index in [1.54, 1.807) is 31.2 Å². The van der Waals surface area contributed by atoms with Crippen molar-refractivity contribution in [2.24, 2.45) is 0 Å². The number of anilines is 2. The summed E-state index contributed by atoms with van der Waals surface area (Å²) < 4.78 is 29.2. The minimum Gasteiger partial charge on any atom is -0.350 e. The van der Waals surface area contributed by atoms with Crippen LogP contribution in [0.25, 0.3) is 11.0 Å². The van der Waals surface area contributed by atoms with Crippen LogP contribution in [0.15, 0.2) is 53.4 Å². The number of benzene rings is 2. The Bertz CT molecular complexity index is 1330. The van der Waals surface area contributed by atoms with E-state index in [0.717, 1.165) is 25.9 Å². The number of piperazine rings is 1. The summed E-state index contributed by atoms with van der Waals surface area (Å²) in [5, 5.41) is 0. The molecule has 2 aromatic carbocycles. The first-order valence-electron chi connectivity index (χ1n) is 12.1. The number of nitrogens with one attached hydrogen (secondary N) is 1. The van der Waals surface area contributed by atoms with E-state index >= 15 is 0 Å². The summed E-state index contributed by atoms with van der Waals surface area (Å²) in [7, 11) is -3.86. The second-order valence-electron chi connectivity index (χ2n) is 9.06. The van der Waals surface area contributed by atoms with E-state index in [-0.39, 0.29) is 16.7 Å². The summed E-state index contributed by atoms with van der Waals surface area (Å²) in [4.78, 5) is 28.4. The van der Waals surface area contributed by atoms with Crippen LogP contribution in [-0.2, 0) is 10.0 Å². The standard InChI is InChI=1S/C25H30N6O3S/c1-19-9-3-6-12-22(19)35(33,34)28-23-24(27-21-11-5-4-10-20(21)26-23)29-15-17-31(18-16-29)25(32)30-13-7-2-8-14-30/h3-6,9-12H,2,7-8,13-18H2,1H3,(H,26,28). The SMILES string of the molecule is Cc1ccccc1S(=O)(=O)Nc1nc2ccccc2nc1N1CCN(C(=O)N2CCCCC2)CC1. The molecule has 0 radical (unpaired) electrons. The number of rotatable bonds is 4. The van der Waals surface area contributed by atoms with E-state index in [0.29, 0.717) is 48.6 Å². The van der Waals surface area contributed by atoms with Crippen LogP contribution in [0.1, 0.15) is 24.8 Å². The van der Waals surface area contributed by atoms with E-state index < -0.39 is 10.0 Å². The number of urea groups is 1. The zero-order valence-corrected chi connectivity index (χ0v) is 20.7. The Morgan fingerprint density at radius 2 is 1.40 bits per heavy atom. The lowest BCUT2D eigenvalue weighted by atomic mass is 10.1. The van der Waals surface area contributed by atoms with Gasteiger partial charge in [0.1, 0.15) is 0 Å². The number of nitrogens with zero attached hydrogens (tertiary/aromatic N) is 5. The Kier molecular flexibility index (Phi) is 6.46. The molecule has 2 fully saturated rings. The highest BCUT2D eigenvalue weighted by Gasteiger charge is 2.29. The van der Waals surface area contributed by atoms with E-state index in [9.17, 15) is 13.2 Å². The summed E-state index contributed by atoms with van der Waals surface area (Å²) in [6.45, 7) is 5.60. The molecular formula is C25H30N6O3S. The number of hydrogen-bond acceptors (Lipinski definition) is 6. The van der Waals surface area contributed by atoms with Crippen molar-refractivity contribution in [3.63, 3.8) is 0 Å². The predicted molar refractivity (Wildman–Crippen MR) is 136 cm³/mol. The highest BCUT2D eigenvalue weighted by atomic mass is 32.2. The monoisotopic (exact) mass is 494 g/mol. The van der Waals surface area contributed by atoms with Gasteiger partial charge in [-0.15, -0.1) is 0 Å². The average Bonchev–Trinajstić information content (AvgIpc) is 2.88. The van der Waals surface area contributed by atoms with Crippen LogP contribution < -0.4 is 9.62 Å². The molecule has 3 heterocycles. The fourth-order valence-corrected chi connectivity index (χ4v) is 5.97. The molecule has 0 unspecified atom stereocenters. The second-order valence-corrected chi connectivity index (χ2v) is 10.7. The number of carbonyl (C=O) groups is 1. The first kappa shape index (κ1) is 23.3. The minimum absolute atomic E-state index is 0.0921. The zero-order valence-electron chi connectivity index (χ0n) is 19.9. The van der Waals surface area contributed by atoms with Crippen molar-refractivity contribution in [3.8, 4) is 0 Å². The number of amides is 2. The van der Waals surface area contributed by atoms with Gasteiger partial charge < -0.3 is 14.7 Å². The molecule has 35 heavy (non-hydrogen) atoms. The topological polar surface area (TPSA) is 98.7 Å². The van der Waals surface area contributed by atoms with Gasteiger partial charge in [0.05, 0.1) is 15.9 Å². The van der Waals surface area contributed by atoms with Gasteiger partial charge in [-0.3, -0.25) is 4.72 Å². The van der Waals surface area contributed by atoms with Gasteiger partial charge in [-0.25, -0.2) is 23.2 Å². The third-order valence-electron chi connectivity index (χ3n) is 6.64. The highest BCUT2D eigenvalue weighted by molar-refractivity contribution is 7.92. The van der Waals surface area contributed by atoms with Crippen molar-refractivity contribution in [1.82, 2.24) is 19.8 Å². The van der Waals surface area contributed by atoms with Crippen molar-refractivity contribution in [2.45, 2.75) is 31.1 Å². The van der Waals surface area contributed by atoms with Crippen LogP contribution in [0.4, 0.5) is 16.4 Å². The number of likely N-dealkylation sites (tertiary alicyclic amines) is 1. The van der Waals surface area contributed by atoms with Gasteiger partial charge in [0.15, 0.2) is 11.6 Å². The number of aromatic nitrogens is 2. The van der Waals surface area contributed by atoms with Gasteiger partial charge in [-0.2, -0.15) is 0 Å². The molecule has 0 saturated carbocycles. The average molecular weight is 495 g/mol. The molecular weight excluding hydrogens is 464 g/mol. The lowest BCUT2D eigenvalue weighted by Gasteiger charge is -2.39. The first-order valence-corrected chi connectivity index (χ1v) is 13.5. The molecule has 2 amide bonds. The maximum absolute atomic E-state index is 13.3. The van der Waals surface area contributed by atoms with E-state index in [4.69, 9.17) is 4.98 Å². The molecule has 3 aromatic rings. The normalized spacial score (nSPS) is 17.0. The number of hydrogen-bond donors (Lipinski definition) is 1. The number of para-hydroxylation sites is 2. The van der Waals surface area contributed by atoms with E-state index in [1.807, 2.05) is 39.0 Å². The van der Waals surface area contributed by atoms with Crippen molar-refractivity contribution in [3.05, 3.63) is 54.1 Å². The summed E-state index contributed by atoms with van der Waals surface area (Å²) in [5.74, 6) is 0.675. The van der Waals surface area contributed by atoms with Crippen LogP contribution in [0, 0.1) is 6.92 Å². The molecule has 1 aromatic heterocycles. The Morgan fingerprint density at radius 1 is 0.800 bits per heavy atom. The lowest BCUT2D eigenvalue weighted by molar-refractivity contribution is 0.141. The Morgan fingerprint density at radius 3 is 2.09 bits per heavy atom. The highest BCUT2D eigenvalue weighted by Crippen LogP contribution is 2.29. The third-order valence-corrected chi connectivity index (χ3v) is 8.14. The smallest absolute Gasteiger partial charge is 0.320 e. The number of fused-ring (bicyclic) bond motifs is 1. The van der Waals surface area contributed by atoms with Gasteiger partial charge in [-0.05, 0) is 49.9 Å². The molecule has 184 valence electrons. The van der Waals surface area contributed by atoms with Gasteiger partial charge in [-0.1, -0.05) is 30.3 Å². The molecule has 0 bridgehead atoms. The van der Waals surface area contributed by atoms with Crippen molar-refractivity contribution >= 4 is 38.7 Å². The maximum Gasteiger partial charge on any atom is 0.320 e. The minimum atomic E-state index is -3.86. The van der Waals surface area contributed by atoms with Crippen LogP contribution in [-0.4, -0.2) is 73.5 Å². The second kappa shape index (κ2) is 9.69. The molecule has 0 aliphatic carbocycles. The van der Waals surface area contributed by atoms with Gasteiger partial charge in [0.2, 0.25) is 0 Å². The number of piperidine rings is 1. The Labute approximate surface area is 205 Å². The molecule has 2 aliphatic heterocycles. The van der Waals surface area contributed by atoms with Crippen molar-refractivity contribution < 1.29 is 13.2 Å². The van der Waals surface area contributed by atoms with Crippen molar-refractivity contribution in [1.29, 1.82) is 0 Å². The lowest BCUT2D eigenvalue weighted by Crippen LogP contribution is -2.54. The quantitative estimate of drug-likeness (QED) is 0.596. The van der Waals surface area contributed by atoms with Crippen LogP contribution in [0.5, 0.6) is 0 Å². The number of sulfonamides is 1. The van der Waals surface area contributed by atoms with Crippen molar-refractivity contribution in [2.75, 3.05) is 48.9 Å². The molecule has 2 saturated heterocycles. The molecule has 1 N–H and O–H groups in total. The zero-order chi connectivity index (χ0) is 24.4. The van der Waals surface area contributed by atoms with Crippen LogP contribution >= 0.6 is 0 Å². The third kappa shape index (κ3) is 4.88. The van der Waals surface area contributed by atoms with Crippen LogP contribution in [0.3, 0.4) is 0 Å². The number of carbonyl (C=O) groups excluding carboxylic acids is 1. The fourth-order valence-electron chi connectivity index (χ4n) is 4.71. The molecule has 0 spiro atoms. The summed E-state index contributed by atoms with van der Waals surface area (Å²) in [6, 6.07) is 14.3. The summed E-state index contributed by atoms with van der Waals surface area (Å²) in [5.41, 5.74) is 1.95. The van der Waals surface area contributed by atoms with E-state index in [1.165, 1.54) is 6.42 Å². The molecule has 10 heteroatoms. The maximum atomic E-state index is 13.3. The summed E-state index contributed by atoms with van der Waals surface area (Å²) in [6.07, 6.45) is 3.30. The molecule has 9 nitrogen and oxygen atoms in total. The largest absolute Gasteiger partial charge is 0.350 e. The molecule has 0 atom stereocenters. The Hall–Kier alpha value is -3.40. The van der Waals surface area contributed by atoms with E-state index in [2.05, 4.69) is 9.71 Å². The van der Waals surface area contributed by atoms with Crippen LogP contribution in [0.2, 0.25) is 0 Å². The fraction of sp³-hybridized carbons (Fsp3) is 0.400. The molecule has 5 rings (SSSR count). The number of aryl methyl sites for hydroxylation is 1. The predicted octanol–water partition coefficient (Wildman–Crippen LogP) is 3.47. The first-order chi connectivity index (χ1) is 16.9. The van der Waals surface area contributed by atoms with Gasteiger partial charge in [0, 0.05) is 39.3 Å².